The van der Waals surface area contributed by atoms with Crippen LogP contribution in [0.4, 0.5) is 15.8 Å². The van der Waals surface area contributed by atoms with E-state index < -0.39 is 0 Å². The Kier molecular flexibility index (Phi) is 3.96. The van der Waals surface area contributed by atoms with E-state index in [9.17, 15) is 9.18 Å². The van der Waals surface area contributed by atoms with Gasteiger partial charge in [-0.15, -0.1) is 10.2 Å². The molecular formula is C15H13FN6O. The molecule has 23 heavy (non-hydrogen) atoms. The number of nitrogens with two attached hydrogens (primary N) is 1. The van der Waals surface area contributed by atoms with Crippen LogP contribution in [0.3, 0.4) is 0 Å². The van der Waals surface area contributed by atoms with Gasteiger partial charge < -0.3 is 11.1 Å². The van der Waals surface area contributed by atoms with Crippen LogP contribution in [0.25, 0.3) is 11.4 Å². The minimum Gasteiger partial charge on any atom is -0.398 e. The molecule has 0 unspecified atom stereocenters. The summed E-state index contributed by atoms with van der Waals surface area (Å²) < 4.78 is 12.8. The van der Waals surface area contributed by atoms with Crippen LogP contribution < -0.4 is 11.1 Å². The van der Waals surface area contributed by atoms with Gasteiger partial charge in [0.2, 0.25) is 11.7 Å². The second-order valence-corrected chi connectivity index (χ2v) is 4.79. The Morgan fingerprint density at radius 2 is 1.91 bits per heavy atom. The van der Waals surface area contributed by atoms with Crippen molar-refractivity contribution in [3.63, 3.8) is 0 Å². The van der Waals surface area contributed by atoms with Crippen LogP contribution in [0.5, 0.6) is 0 Å². The van der Waals surface area contributed by atoms with E-state index in [1.54, 1.807) is 18.2 Å². The van der Waals surface area contributed by atoms with Gasteiger partial charge in [0.05, 0.1) is 0 Å². The second-order valence-electron chi connectivity index (χ2n) is 4.79. The summed E-state index contributed by atoms with van der Waals surface area (Å²) in [6.45, 7) is -0.114. The molecule has 0 bridgehead atoms. The van der Waals surface area contributed by atoms with Crippen LogP contribution in [0.15, 0.2) is 48.5 Å². The van der Waals surface area contributed by atoms with Gasteiger partial charge in [-0.2, -0.15) is 4.80 Å². The van der Waals surface area contributed by atoms with Crippen molar-refractivity contribution in [2.45, 2.75) is 6.54 Å². The summed E-state index contributed by atoms with van der Waals surface area (Å²) in [5, 5.41) is 14.5. The van der Waals surface area contributed by atoms with Crippen LogP contribution >= 0.6 is 0 Å². The third-order valence-corrected chi connectivity index (χ3v) is 3.07. The van der Waals surface area contributed by atoms with E-state index >= 15 is 0 Å². The maximum Gasteiger partial charge on any atom is 0.248 e. The summed E-state index contributed by atoms with van der Waals surface area (Å²) in [6, 6.07) is 12.6. The van der Waals surface area contributed by atoms with E-state index in [0.717, 1.165) is 0 Å². The van der Waals surface area contributed by atoms with E-state index in [2.05, 4.69) is 20.7 Å². The van der Waals surface area contributed by atoms with Crippen molar-refractivity contribution in [3.8, 4) is 11.4 Å². The number of nitrogens with one attached hydrogen (secondary N) is 1. The summed E-state index contributed by atoms with van der Waals surface area (Å²) in [7, 11) is 0. The number of nitrogen functional groups attached to an aromatic ring is 1. The number of rotatable bonds is 4. The number of amides is 1. The number of anilines is 2. The zero-order valence-electron chi connectivity index (χ0n) is 12.0. The average Bonchev–Trinajstić information content (AvgIpc) is 2.98. The number of carbonyl (C=O) groups is 1. The predicted molar refractivity (Wildman–Crippen MR) is 82.7 cm³/mol. The molecule has 116 valence electrons. The Labute approximate surface area is 130 Å². The molecule has 0 saturated carbocycles. The lowest BCUT2D eigenvalue weighted by molar-refractivity contribution is -0.117. The first kappa shape index (κ1) is 14.6. The minimum atomic E-state index is -0.369. The van der Waals surface area contributed by atoms with Crippen molar-refractivity contribution in [3.05, 3.63) is 54.3 Å². The van der Waals surface area contributed by atoms with E-state index in [-0.39, 0.29) is 18.3 Å². The number of aromatic nitrogens is 4. The Hall–Kier alpha value is -3.29. The van der Waals surface area contributed by atoms with Crippen molar-refractivity contribution in [1.82, 2.24) is 20.2 Å². The second kappa shape index (κ2) is 6.22. The third kappa shape index (κ3) is 3.49. The van der Waals surface area contributed by atoms with Gasteiger partial charge in [0.1, 0.15) is 12.4 Å². The number of nitrogens with zero attached hydrogens (tertiary/aromatic N) is 4. The highest BCUT2D eigenvalue weighted by Gasteiger charge is 2.11. The van der Waals surface area contributed by atoms with Gasteiger partial charge in [-0.3, -0.25) is 4.79 Å². The molecule has 0 atom stereocenters. The van der Waals surface area contributed by atoms with Crippen LogP contribution in [-0.2, 0) is 11.3 Å². The van der Waals surface area contributed by atoms with Crippen molar-refractivity contribution in [2.24, 2.45) is 0 Å². The molecule has 7 nitrogen and oxygen atoms in total. The molecule has 0 fully saturated rings. The minimum absolute atomic E-state index is 0.114. The monoisotopic (exact) mass is 312 g/mol. The highest BCUT2D eigenvalue weighted by atomic mass is 19.1. The Balaban J connectivity index is 1.68. The van der Waals surface area contributed by atoms with Crippen molar-refractivity contribution in [1.29, 1.82) is 0 Å². The zero-order valence-corrected chi connectivity index (χ0v) is 12.0. The van der Waals surface area contributed by atoms with Crippen LogP contribution in [-0.4, -0.2) is 26.1 Å². The molecule has 0 aliphatic heterocycles. The largest absolute Gasteiger partial charge is 0.398 e. The van der Waals surface area contributed by atoms with Crippen molar-refractivity contribution in [2.75, 3.05) is 11.1 Å². The topological polar surface area (TPSA) is 98.7 Å². The Morgan fingerprint density at radius 3 is 2.65 bits per heavy atom. The molecule has 0 radical (unpaired) electrons. The van der Waals surface area contributed by atoms with Crippen LogP contribution in [0.1, 0.15) is 0 Å². The van der Waals surface area contributed by atoms with Gasteiger partial charge in [0.25, 0.3) is 0 Å². The van der Waals surface area contributed by atoms with Gasteiger partial charge in [-0.1, -0.05) is 12.1 Å². The molecule has 1 amide bonds. The summed E-state index contributed by atoms with van der Waals surface area (Å²) in [5.41, 5.74) is 7.52. The molecule has 2 aromatic carbocycles. The number of halogens is 1. The SMILES string of the molecule is Nc1ccccc1-c1nnn(CC(=O)Nc2ccc(F)cc2)n1. The number of hydrogen-bond donors (Lipinski definition) is 2. The number of tetrazole rings is 1. The van der Waals surface area contributed by atoms with E-state index in [1.807, 2.05) is 6.07 Å². The molecule has 0 spiro atoms. The number of para-hydroxylation sites is 1. The van der Waals surface area contributed by atoms with E-state index in [1.165, 1.54) is 29.1 Å². The summed E-state index contributed by atoms with van der Waals surface area (Å²) in [6.07, 6.45) is 0. The van der Waals surface area contributed by atoms with Gasteiger partial charge in [0.15, 0.2) is 0 Å². The Morgan fingerprint density at radius 1 is 1.17 bits per heavy atom. The molecule has 3 N–H and O–H groups in total. The molecule has 3 rings (SSSR count). The smallest absolute Gasteiger partial charge is 0.248 e. The maximum absolute atomic E-state index is 12.8. The van der Waals surface area contributed by atoms with Crippen molar-refractivity contribution >= 4 is 17.3 Å². The lowest BCUT2D eigenvalue weighted by atomic mass is 10.2. The molecule has 3 aromatic rings. The standard InChI is InChI=1S/C15H13FN6O/c16-10-5-7-11(8-6-10)18-14(23)9-22-20-15(19-21-22)12-3-1-2-4-13(12)17/h1-8H,9,17H2,(H,18,23). The first-order valence-electron chi connectivity index (χ1n) is 6.80. The molecule has 0 aliphatic rings. The van der Waals surface area contributed by atoms with Crippen LogP contribution in [0, 0.1) is 5.82 Å². The van der Waals surface area contributed by atoms with E-state index in [4.69, 9.17) is 5.73 Å². The van der Waals surface area contributed by atoms with Gasteiger partial charge >= 0.3 is 0 Å². The fourth-order valence-corrected chi connectivity index (χ4v) is 1.98. The number of hydrogen-bond acceptors (Lipinski definition) is 5. The predicted octanol–water partition coefficient (Wildman–Crippen LogP) is 1.70. The maximum atomic E-state index is 12.8. The summed E-state index contributed by atoms with van der Waals surface area (Å²) in [5.74, 6) is -0.370. The number of benzene rings is 2. The highest BCUT2D eigenvalue weighted by Crippen LogP contribution is 2.20. The molecule has 1 heterocycles. The average molecular weight is 312 g/mol. The molecular weight excluding hydrogens is 299 g/mol. The Bertz CT molecular complexity index is 830. The quantitative estimate of drug-likeness (QED) is 0.714. The summed E-state index contributed by atoms with van der Waals surface area (Å²) in [4.78, 5) is 13.1. The molecule has 0 saturated heterocycles. The fraction of sp³-hybridized carbons (Fsp3) is 0.0667. The number of carbonyl (C=O) groups excluding carboxylic acids is 1. The van der Waals surface area contributed by atoms with Gasteiger partial charge in [0, 0.05) is 16.9 Å². The molecule has 8 heteroatoms. The normalized spacial score (nSPS) is 10.5. The van der Waals surface area contributed by atoms with Crippen molar-refractivity contribution < 1.29 is 9.18 Å². The fourth-order valence-electron chi connectivity index (χ4n) is 1.98. The molecule has 0 aliphatic carbocycles. The highest BCUT2D eigenvalue weighted by molar-refractivity contribution is 5.90. The van der Waals surface area contributed by atoms with Gasteiger partial charge in [-0.05, 0) is 41.6 Å². The van der Waals surface area contributed by atoms with E-state index in [0.29, 0.717) is 22.8 Å². The lowest BCUT2D eigenvalue weighted by Crippen LogP contribution is -2.20. The lowest BCUT2D eigenvalue weighted by Gasteiger charge is -2.04. The molecule has 1 aromatic heterocycles. The third-order valence-electron chi connectivity index (χ3n) is 3.07. The van der Waals surface area contributed by atoms with Gasteiger partial charge in [-0.25, -0.2) is 4.39 Å². The first-order chi connectivity index (χ1) is 11.1. The first-order valence-corrected chi connectivity index (χ1v) is 6.80. The van der Waals surface area contributed by atoms with Crippen LogP contribution in [0.2, 0.25) is 0 Å². The summed E-state index contributed by atoms with van der Waals surface area (Å²) >= 11 is 0. The zero-order chi connectivity index (χ0) is 16.2.